The average Bonchev–Trinajstić information content (AvgIpc) is 2.62. The van der Waals surface area contributed by atoms with Crippen molar-refractivity contribution in [3.8, 4) is 0 Å². The summed E-state index contributed by atoms with van der Waals surface area (Å²) in [6.07, 6.45) is -0.940. The largest absolute Gasteiger partial charge is 0.433 e. The molecule has 0 aromatic carbocycles. The SMILES string of the molecule is CN(C)c1cc(C(F)(F)F)nc(N2CCN(Cc3cccnc3)CC2)n1. The van der Waals surface area contributed by atoms with Crippen molar-refractivity contribution >= 4 is 11.8 Å². The fraction of sp³-hybridized carbons (Fsp3) is 0.471. The highest BCUT2D eigenvalue weighted by molar-refractivity contribution is 5.46. The van der Waals surface area contributed by atoms with E-state index < -0.39 is 11.9 Å². The minimum absolute atomic E-state index is 0.129. The van der Waals surface area contributed by atoms with Crippen molar-refractivity contribution < 1.29 is 13.2 Å². The predicted molar refractivity (Wildman–Crippen MR) is 93.1 cm³/mol. The smallest absolute Gasteiger partial charge is 0.363 e. The van der Waals surface area contributed by atoms with E-state index in [1.165, 1.54) is 0 Å². The van der Waals surface area contributed by atoms with Gasteiger partial charge in [-0.25, -0.2) is 4.98 Å². The Kier molecular flexibility index (Phi) is 5.26. The maximum Gasteiger partial charge on any atom is 0.433 e. The molecule has 1 saturated heterocycles. The number of pyridine rings is 1. The lowest BCUT2D eigenvalue weighted by molar-refractivity contribution is -0.141. The van der Waals surface area contributed by atoms with Gasteiger partial charge in [-0.15, -0.1) is 0 Å². The minimum atomic E-state index is -4.50. The molecule has 26 heavy (non-hydrogen) atoms. The van der Waals surface area contributed by atoms with Crippen LogP contribution in [0.25, 0.3) is 0 Å². The van der Waals surface area contributed by atoms with Gasteiger partial charge in [0.15, 0.2) is 5.69 Å². The van der Waals surface area contributed by atoms with Gasteiger partial charge >= 0.3 is 6.18 Å². The van der Waals surface area contributed by atoms with Crippen molar-refractivity contribution in [1.82, 2.24) is 19.9 Å². The van der Waals surface area contributed by atoms with Crippen LogP contribution in [0.4, 0.5) is 24.9 Å². The van der Waals surface area contributed by atoms with Gasteiger partial charge in [-0.05, 0) is 11.6 Å². The Hall–Kier alpha value is -2.42. The Bertz CT molecular complexity index is 727. The van der Waals surface area contributed by atoms with Crippen LogP contribution in [-0.4, -0.2) is 60.1 Å². The Labute approximate surface area is 150 Å². The van der Waals surface area contributed by atoms with Crippen molar-refractivity contribution in [2.24, 2.45) is 0 Å². The summed E-state index contributed by atoms with van der Waals surface area (Å²) >= 11 is 0. The lowest BCUT2D eigenvalue weighted by Gasteiger charge is -2.35. The molecule has 0 N–H and O–H groups in total. The fourth-order valence-electron chi connectivity index (χ4n) is 2.79. The zero-order chi connectivity index (χ0) is 18.7. The molecule has 0 spiro atoms. The number of alkyl halides is 3. The van der Waals surface area contributed by atoms with Crippen LogP contribution in [-0.2, 0) is 12.7 Å². The normalized spacial score (nSPS) is 16.0. The molecule has 0 atom stereocenters. The summed E-state index contributed by atoms with van der Waals surface area (Å²) in [4.78, 5) is 17.8. The molecular weight excluding hydrogens is 345 g/mol. The number of nitrogens with zero attached hydrogens (tertiary/aromatic N) is 6. The number of hydrogen-bond donors (Lipinski definition) is 0. The quantitative estimate of drug-likeness (QED) is 0.828. The van der Waals surface area contributed by atoms with E-state index in [1.807, 2.05) is 23.2 Å². The van der Waals surface area contributed by atoms with Gasteiger partial charge in [0, 0.05) is 65.3 Å². The summed E-state index contributed by atoms with van der Waals surface area (Å²) < 4.78 is 39.4. The average molecular weight is 366 g/mol. The first-order chi connectivity index (χ1) is 12.3. The van der Waals surface area contributed by atoms with Crippen LogP contribution in [0.5, 0.6) is 0 Å². The molecule has 1 aliphatic heterocycles. The van der Waals surface area contributed by atoms with E-state index in [9.17, 15) is 13.2 Å². The molecule has 2 aromatic heterocycles. The number of rotatable bonds is 4. The number of hydrogen-bond acceptors (Lipinski definition) is 6. The lowest BCUT2D eigenvalue weighted by atomic mass is 10.2. The molecule has 3 rings (SSSR count). The molecule has 0 unspecified atom stereocenters. The van der Waals surface area contributed by atoms with Gasteiger partial charge in [0.05, 0.1) is 0 Å². The maximum atomic E-state index is 13.1. The van der Waals surface area contributed by atoms with Gasteiger partial charge in [0.1, 0.15) is 5.82 Å². The van der Waals surface area contributed by atoms with Crippen LogP contribution < -0.4 is 9.80 Å². The molecule has 0 radical (unpaired) electrons. The van der Waals surface area contributed by atoms with E-state index in [4.69, 9.17) is 0 Å². The van der Waals surface area contributed by atoms with Crippen molar-refractivity contribution in [1.29, 1.82) is 0 Å². The van der Waals surface area contributed by atoms with Crippen LogP contribution in [0.15, 0.2) is 30.6 Å². The Morgan fingerprint density at radius 1 is 1.12 bits per heavy atom. The van der Waals surface area contributed by atoms with Gasteiger partial charge in [-0.3, -0.25) is 9.88 Å². The van der Waals surface area contributed by atoms with Crippen LogP contribution >= 0.6 is 0 Å². The molecule has 0 aliphatic carbocycles. The zero-order valence-corrected chi connectivity index (χ0v) is 14.7. The summed E-state index contributed by atoms with van der Waals surface area (Å²) in [5, 5.41) is 0. The van der Waals surface area contributed by atoms with Gasteiger partial charge in [-0.1, -0.05) is 6.07 Å². The molecule has 0 amide bonds. The van der Waals surface area contributed by atoms with E-state index in [2.05, 4.69) is 19.9 Å². The standard InChI is InChI=1S/C17H21F3N6/c1-24(2)15-10-14(17(18,19)20)22-16(23-15)26-8-6-25(7-9-26)12-13-4-3-5-21-11-13/h3-5,10-11H,6-9,12H2,1-2H3. The highest BCUT2D eigenvalue weighted by Gasteiger charge is 2.34. The fourth-order valence-corrected chi connectivity index (χ4v) is 2.79. The number of aromatic nitrogens is 3. The van der Waals surface area contributed by atoms with Crippen molar-refractivity contribution in [3.05, 3.63) is 41.9 Å². The summed E-state index contributed by atoms with van der Waals surface area (Å²) in [7, 11) is 3.33. The van der Waals surface area contributed by atoms with Gasteiger partial charge in [-0.2, -0.15) is 18.2 Å². The van der Waals surface area contributed by atoms with E-state index in [0.29, 0.717) is 13.1 Å². The molecule has 6 nitrogen and oxygen atoms in total. The molecule has 1 aliphatic rings. The van der Waals surface area contributed by atoms with E-state index in [0.717, 1.165) is 31.3 Å². The number of halogens is 3. The molecule has 1 fully saturated rings. The highest BCUT2D eigenvalue weighted by Crippen LogP contribution is 2.31. The predicted octanol–water partition coefficient (Wildman–Crippen LogP) is 2.28. The molecule has 0 bridgehead atoms. The van der Waals surface area contributed by atoms with Crippen molar-refractivity contribution in [2.75, 3.05) is 50.1 Å². The van der Waals surface area contributed by atoms with Crippen molar-refractivity contribution in [3.63, 3.8) is 0 Å². The zero-order valence-electron chi connectivity index (χ0n) is 14.7. The minimum Gasteiger partial charge on any atom is -0.363 e. The van der Waals surface area contributed by atoms with Crippen LogP contribution in [0.3, 0.4) is 0 Å². The molecule has 2 aromatic rings. The molecule has 140 valence electrons. The highest BCUT2D eigenvalue weighted by atomic mass is 19.4. The van der Waals surface area contributed by atoms with E-state index in [-0.39, 0.29) is 11.8 Å². The summed E-state index contributed by atoms with van der Waals surface area (Å²) in [6.45, 7) is 3.38. The Morgan fingerprint density at radius 3 is 2.42 bits per heavy atom. The van der Waals surface area contributed by atoms with Crippen LogP contribution in [0.1, 0.15) is 11.3 Å². The summed E-state index contributed by atoms with van der Waals surface area (Å²) in [5.74, 6) is 0.379. The van der Waals surface area contributed by atoms with E-state index >= 15 is 0 Å². The molecule has 0 saturated carbocycles. The van der Waals surface area contributed by atoms with Gasteiger partial charge < -0.3 is 9.80 Å². The second kappa shape index (κ2) is 7.45. The maximum absolute atomic E-state index is 13.1. The van der Waals surface area contributed by atoms with Gasteiger partial charge in [0.25, 0.3) is 0 Å². The van der Waals surface area contributed by atoms with Crippen LogP contribution in [0.2, 0.25) is 0 Å². The van der Waals surface area contributed by atoms with Gasteiger partial charge in [0.2, 0.25) is 5.95 Å². The van der Waals surface area contributed by atoms with Crippen LogP contribution in [0, 0.1) is 0 Å². The molecule has 3 heterocycles. The summed E-state index contributed by atoms with van der Waals surface area (Å²) in [5.41, 5.74) is 0.204. The first-order valence-electron chi connectivity index (χ1n) is 8.33. The first-order valence-corrected chi connectivity index (χ1v) is 8.33. The third-order valence-electron chi connectivity index (χ3n) is 4.23. The lowest BCUT2D eigenvalue weighted by Crippen LogP contribution is -2.46. The number of piperazine rings is 1. The second-order valence-corrected chi connectivity index (χ2v) is 6.43. The van der Waals surface area contributed by atoms with Crippen molar-refractivity contribution in [2.45, 2.75) is 12.7 Å². The topological polar surface area (TPSA) is 48.4 Å². The monoisotopic (exact) mass is 366 g/mol. The molecule has 9 heteroatoms. The number of anilines is 2. The first kappa shape index (κ1) is 18.4. The Morgan fingerprint density at radius 2 is 1.85 bits per heavy atom. The second-order valence-electron chi connectivity index (χ2n) is 6.43. The third kappa shape index (κ3) is 4.40. The Balaban J connectivity index is 1.71. The third-order valence-corrected chi connectivity index (χ3v) is 4.23. The van der Waals surface area contributed by atoms with E-state index in [1.54, 1.807) is 25.2 Å². The summed E-state index contributed by atoms with van der Waals surface area (Å²) in [6, 6.07) is 4.88. The molecular formula is C17H21F3N6.